The highest BCUT2D eigenvalue weighted by molar-refractivity contribution is 7.98. The van der Waals surface area contributed by atoms with Crippen LogP contribution in [0.4, 0.5) is 20.7 Å². The average molecular weight is 510 g/mol. The van der Waals surface area contributed by atoms with Gasteiger partial charge >= 0.3 is 6.09 Å². The molecule has 0 radical (unpaired) electrons. The molecule has 1 saturated heterocycles. The third kappa shape index (κ3) is 6.73. The van der Waals surface area contributed by atoms with Gasteiger partial charge in [-0.05, 0) is 30.9 Å². The maximum absolute atomic E-state index is 14.5. The van der Waals surface area contributed by atoms with Crippen LogP contribution >= 0.6 is 46.6 Å². The molecule has 1 aromatic carbocycles. The van der Waals surface area contributed by atoms with Gasteiger partial charge in [-0.1, -0.05) is 46.6 Å². The minimum absolute atomic E-state index is 0.0767. The molecule has 0 unspecified atom stereocenters. The van der Waals surface area contributed by atoms with Crippen LogP contribution < -0.4 is 10.2 Å². The molecule has 0 saturated carbocycles. The van der Waals surface area contributed by atoms with E-state index in [1.165, 1.54) is 23.9 Å². The van der Waals surface area contributed by atoms with E-state index in [0.717, 1.165) is 5.82 Å². The predicted molar refractivity (Wildman–Crippen MR) is 122 cm³/mol. The number of anilines is 2. The Morgan fingerprint density at radius 2 is 2.00 bits per heavy atom. The Bertz CT molecular complexity index is 956. The highest BCUT2D eigenvalue weighted by Gasteiger charge is 2.23. The number of ether oxygens (including phenoxy) is 2. The Balaban J connectivity index is 1.91. The van der Waals surface area contributed by atoms with Crippen molar-refractivity contribution in [3.63, 3.8) is 0 Å². The number of halogens is 4. The molecule has 168 valence electrons. The summed E-state index contributed by atoms with van der Waals surface area (Å²) >= 11 is 18.1. The molecule has 2 aromatic rings. The molecule has 3 rings (SSSR count). The molecule has 1 aliphatic heterocycles. The molecule has 12 heteroatoms. The van der Waals surface area contributed by atoms with E-state index in [2.05, 4.69) is 20.2 Å². The molecule has 31 heavy (non-hydrogen) atoms. The molecule has 1 fully saturated rings. The number of benzene rings is 1. The number of aromatic nitrogens is 2. The van der Waals surface area contributed by atoms with Crippen LogP contribution in [0.15, 0.2) is 23.4 Å². The molecule has 2 heterocycles. The summed E-state index contributed by atoms with van der Waals surface area (Å²) in [6, 6.07) is 4.65. The molecule has 0 spiro atoms. The first-order chi connectivity index (χ1) is 14.7. The first-order valence-corrected chi connectivity index (χ1v) is 11.6. The van der Waals surface area contributed by atoms with Crippen molar-refractivity contribution in [3.05, 3.63) is 29.6 Å². The third-order valence-corrected chi connectivity index (χ3v) is 5.28. The van der Waals surface area contributed by atoms with Gasteiger partial charge in [0.05, 0.1) is 24.6 Å². The van der Waals surface area contributed by atoms with Crippen molar-refractivity contribution in [2.75, 3.05) is 49.4 Å². The molecule has 1 amide bonds. The van der Waals surface area contributed by atoms with Crippen LogP contribution in [0.3, 0.4) is 0 Å². The van der Waals surface area contributed by atoms with E-state index in [9.17, 15) is 9.18 Å². The first-order valence-electron chi connectivity index (χ1n) is 9.23. The van der Waals surface area contributed by atoms with E-state index in [1.54, 1.807) is 6.92 Å². The Morgan fingerprint density at radius 3 is 2.65 bits per heavy atom. The SMILES string of the molecule is CSc1nc(-c2cc(NC(=O)OCC(Cl)(Cl)Cl)c(F)cc2C)cc(N2CCOCC2)n1. The summed E-state index contributed by atoms with van der Waals surface area (Å²) in [5.41, 5.74) is 1.82. The van der Waals surface area contributed by atoms with Gasteiger partial charge in [-0.15, -0.1) is 0 Å². The zero-order valence-corrected chi connectivity index (χ0v) is 19.8. The number of amides is 1. The standard InChI is InChI=1S/C19H20Cl3FN4O3S/c1-11-7-13(23)15(25-18(28)30-10-19(20,21)22)8-12(11)14-9-16(26-17(24-14)31-2)27-3-5-29-6-4-27/h7-9H,3-6,10H2,1-2H3,(H,25,28). The molecule has 0 aliphatic carbocycles. The fraction of sp³-hybridized carbons (Fsp3) is 0.421. The smallest absolute Gasteiger partial charge is 0.411 e. The first kappa shape index (κ1) is 24.1. The summed E-state index contributed by atoms with van der Waals surface area (Å²) in [5.74, 6) is 0.137. The van der Waals surface area contributed by atoms with Gasteiger partial charge in [0.15, 0.2) is 5.16 Å². The van der Waals surface area contributed by atoms with Gasteiger partial charge in [0.25, 0.3) is 0 Å². The van der Waals surface area contributed by atoms with Gasteiger partial charge in [0.2, 0.25) is 3.79 Å². The summed E-state index contributed by atoms with van der Waals surface area (Å²) in [4.78, 5) is 23.3. The highest BCUT2D eigenvalue weighted by atomic mass is 35.6. The lowest BCUT2D eigenvalue weighted by Crippen LogP contribution is -2.36. The van der Waals surface area contributed by atoms with Crippen LogP contribution in [0.5, 0.6) is 0 Å². The zero-order valence-electron chi connectivity index (χ0n) is 16.8. The summed E-state index contributed by atoms with van der Waals surface area (Å²) < 4.78 is 23.0. The summed E-state index contributed by atoms with van der Waals surface area (Å²) in [7, 11) is 0. The number of hydrogen-bond donors (Lipinski definition) is 1. The van der Waals surface area contributed by atoms with Crippen molar-refractivity contribution >= 4 is 64.2 Å². The van der Waals surface area contributed by atoms with Crippen LogP contribution in [0.25, 0.3) is 11.3 Å². The second-order valence-corrected chi connectivity index (χ2v) is 9.95. The van der Waals surface area contributed by atoms with Crippen molar-refractivity contribution in [1.29, 1.82) is 0 Å². The lowest BCUT2D eigenvalue weighted by molar-refractivity contribution is 0.122. The largest absolute Gasteiger partial charge is 0.445 e. The maximum Gasteiger partial charge on any atom is 0.411 e. The van der Waals surface area contributed by atoms with Crippen LogP contribution in [0.1, 0.15) is 5.56 Å². The molecule has 7 nitrogen and oxygen atoms in total. The van der Waals surface area contributed by atoms with E-state index >= 15 is 0 Å². The number of nitrogens with zero attached hydrogens (tertiary/aromatic N) is 3. The number of morpholine rings is 1. The second-order valence-electron chi connectivity index (χ2n) is 6.66. The molecular weight excluding hydrogens is 490 g/mol. The predicted octanol–water partition coefficient (Wildman–Crippen LogP) is 5.07. The Morgan fingerprint density at radius 1 is 1.29 bits per heavy atom. The van der Waals surface area contributed by atoms with E-state index in [1.807, 2.05) is 12.3 Å². The van der Waals surface area contributed by atoms with Crippen molar-refractivity contribution in [2.24, 2.45) is 0 Å². The Hall–Kier alpha value is -1.52. The van der Waals surface area contributed by atoms with Gasteiger partial charge in [-0.25, -0.2) is 19.2 Å². The molecule has 1 aliphatic rings. The summed E-state index contributed by atoms with van der Waals surface area (Å²) in [5, 5.41) is 2.92. The van der Waals surface area contributed by atoms with E-state index < -0.39 is 22.3 Å². The lowest BCUT2D eigenvalue weighted by Gasteiger charge is -2.28. The van der Waals surface area contributed by atoms with Crippen molar-refractivity contribution in [1.82, 2.24) is 9.97 Å². The number of nitrogens with one attached hydrogen (secondary N) is 1. The van der Waals surface area contributed by atoms with Crippen LogP contribution in [0, 0.1) is 12.7 Å². The number of hydrogen-bond acceptors (Lipinski definition) is 7. The van der Waals surface area contributed by atoms with Gasteiger partial charge in [-0.2, -0.15) is 0 Å². The molecule has 1 aromatic heterocycles. The number of carbonyl (C=O) groups excluding carboxylic acids is 1. The van der Waals surface area contributed by atoms with Crippen molar-refractivity contribution in [3.8, 4) is 11.3 Å². The van der Waals surface area contributed by atoms with Crippen molar-refractivity contribution < 1.29 is 18.7 Å². The fourth-order valence-electron chi connectivity index (χ4n) is 2.93. The van der Waals surface area contributed by atoms with Gasteiger partial charge in [0.1, 0.15) is 18.2 Å². The zero-order chi connectivity index (χ0) is 22.6. The number of aryl methyl sites for hydroxylation is 1. The quantitative estimate of drug-likeness (QED) is 0.343. The molecular formula is C19H20Cl3FN4O3S. The molecule has 0 atom stereocenters. The van der Waals surface area contributed by atoms with Crippen LogP contribution in [-0.2, 0) is 9.47 Å². The Kier molecular flexibility index (Phi) is 8.09. The summed E-state index contributed by atoms with van der Waals surface area (Å²) in [6.45, 7) is 3.96. The fourth-order valence-corrected chi connectivity index (χ4v) is 3.47. The summed E-state index contributed by atoms with van der Waals surface area (Å²) in [6.07, 6.45) is 0.939. The third-order valence-electron chi connectivity index (χ3n) is 4.40. The lowest BCUT2D eigenvalue weighted by atomic mass is 10.0. The Labute approximate surface area is 198 Å². The molecule has 0 bridgehead atoms. The number of thioether (sulfide) groups is 1. The second kappa shape index (κ2) is 10.4. The maximum atomic E-state index is 14.5. The average Bonchev–Trinajstić information content (AvgIpc) is 2.74. The van der Waals surface area contributed by atoms with Gasteiger partial charge in [-0.3, -0.25) is 5.32 Å². The highest BCUT2D eigenvalue weighted by Crippen LogP contribution is 2.31. The van der Waals surface area contributed by atoms with E-state index in [4.69, 9.17) is 44.3 Å². The van der Waals surface area contributed by atoms with E-state index in [-0.39, 0.29) is 5.69 Å². The topological polar surface area (TPSA) is 76.6 Å². The van der Waals surface area contributed by atoms with Gasteiger partial charge < -0.3 is 14.4 Å². The normalized spacial score (nSPS) is 14.5. The minimum atomic E-state index is -1.76. The molecule has 1 N–H and O–H groups in total. The van der Waals surface area contributed by atoms with Crippen LogP contribution in [0.2, 0.25) is 0 Å². The number of carbonyl (C=O) groups is 1. The number of alkyl halides is 3. The van der Waals surface area contributed by atoms with Crippen molar-refractivity contribution in [2.45, 2.75) is 15.9 Å². The minimum Gasteiger partial charge on any atom is -0.445 e. The number of rotatable bonds is 5. The monoisotopic (exact) mass is 508 g/mol. The van der Waals surface area contributed by atoms with Crippen LogP contribution in [-0.4, -0.2) is 59.0 Å². The van der Waals surface area contributed by atoms with E-state index in [0.29, 0.717) is 48.3 Å². The van der Waals surface area contributed by atoms with Gasteiger partial charge in [0, 0.05) is 24.7 Å².